The first-order valence-corrected chi connectivity index (χ1v) is 6.96. The second-order valence-electron chi connectivity index (χ2n) is 5.29. The number of carboxylic acid groups (broad SMARTS) is 1. The van der Waals surface area contributed by atoms with Gasteiger partial charge in [0.2, 0.25) is 0 Å². The summed E-state index contributed by atoms with van der Waals surface area (Å²) in [5.41, 5.74) is 6.99. The number of benzene rings is 1. The summed E-state index contributed by atoms with van der Waals surface area (Å²) in [7, 11) is 1.57. The Hall–Kier alpha value is -1.59. The molecule has 1 aliphatic heterocycles. The molecule has 110 valence electrons. The van der Waals surface area contributed by atoms with E-state index in [-0.39, 0.29) is 5.56 Å². The predicted octanol–water partition coefficient (Wildman–Crippen LogP) is 1.56. The smallest absolute Gasteiger partial charge is 0.335 e. The average Bonchev–Trinajstić information content (AvgIpc) is 2.48. The van der Waals surface area contributed by atoms with Gasteiger partial charge in [0.25, 0.3) is 0 Å². The van der Waals surface area contributed by atoms with E-state index < -0.39 is 5.97 Å². The van der Waals surface area contributed by atoms with Crippen molar-refractivity contribution in [3.8, 4) is 5.75 Å². The summed E-state index contributed by atoms with van der Waals surface area (Å²) < 4.78 is 5.31. The molecule has 1 aromatic rings. The van der Waals surface area contributed by atoms with Crippen molar-refractivity contribution in [2.45, 2.75) is 19.4 Å². The highest BCUT2D eigenvalue weighted by Gasteiger charge is 2.19. The van der Waals surface area contributed by atoms with Crippen molar-refractivity contribution >= 4 is 5.97 Å². The van der Waals surface area contributed by atoms with Gasteiger partial charge in [0, 0.05) is 12.1 Å². The highest BCUT2D eigenvalue weighted by Crippen LogP contribution is 2.24. The predicted molar refractivity (Wildman–Crippen MR) is 77.0 cm³/mol. The Morgan fingerprint density at radius 1 is 1.45 bits per heavy atom. The monoisotopic (exact) mass is 278 g/mol. The highest BCUT2D eigenvalue weighted by atomic mass is 16.5. The summed E-state index contributed by atoms with van der Waals surface area (Å²) in [4.78, 5) is 13.3. The Balaban J connectivity index is 2.04. The molecule has 1 fully saturated rings. The molecule has 0 aromatic heterocycles. The van der Waals surface area contributed by atoms with Crippen LogP contribution in [0.25, 0.3) is 0 Å². The van der Waals surface area contributed by atoms with E-state index >= 15 is 0 Å². The first-order valence-electron chi connectivity index (χ1n) is 6.96. The maximum Gasteiger partial charge on any atom is 0.335 e. The quantitative estimate of drug-likeness (QED) is 0.855. The minimum absolute atomic E-state index is 0.257. The highest BCUT2D eigenvalue weighted by molar-refractivity contribution is 5.88. The molecule has 0 atom stereocenters. The van der Waals surface area contributed by atoms with Gasteiger partial charge in [0.05, 0.1) is 12.7 Å². The Labute approximate surface area is 119 Å². The molecule has 0 aliphatic carbocycles. The molecule has 0 bridgehead atoms. The number of piperidine rings is 1. The van der Waals surface area contributed by atoms with Crippen molar-refractivity contribution in [1.82, 2.24) is 4.90 Å². The van der Waals surface area contributed by atoms with Gasteiger partial charge in [-0.05, 0) is 50.5 Å². The van der Waals surface area contributed by atoms with Gasteiger partial charge >= 0.3 is 5.97 Å². The van der Waals surface area contributed by atoms with Crippen LogP contribution in [0.1, 0.15) is 28.8 Å². The molecule has 3 N–H and O–H groups in total. The first-order chi connectivity index (χ1) is 9.63. The molecular formula is C15H22N2O3. The second kappa shape index (κ2) is 6.72. The zero-order chi connectivity index (χ0) is 14.5. The van der Waals surface area contributed by atoms with Crippen molar-refractivity contribution in [3.05, 3.63) is 29.3 Å². The number of rotatable bonds is 5. The van der Waals surface area contributed by atoms with Crippen LogP contribution in [0.5, 0.6) is 5.75 Å². The van der Waals surface area contributed by atoms with Gasteiger partial charge < -0.3 is 15.6 Å². The third-order valence-electron chi connectivity index (χ3n) is 3.97. The van der Waals surface area contributed by atoms with Crippen LogP contribution in [-0.2, 0) is 6.54 Å². The number of aromatic carboxylic acids is 1. The lowest BCUT2D eigenvalue weighted by molar-refractivity contribution is 0.0696. The summed E-state index contributed by atoms with van der Waals surface area (Å²) in [6.45, 7) is 3.63. The van der Waals surface area contributed by atoms with Crippen LogP contribution in [0.3, 0.4) is 0 Å². The van der Waals surface area contributed by atoms with Crippen LogP contribution >= 0.6 is 0 Å². The molecule has 2 rings (SSSR count). The zero-order valence-electron chi connectivity index (χ0n) is 11.8. The number of methoxy groups -OCH3 is 1. The molecule has 1 aliphatic rings. The van der Waals surface area contributed by atoms with Crippen LogP contribution in [0.4, 0.5) is 0 Å². The second-order valence-corrected chi connectivity index (χ2v) is 5.29. The molecule has 0 radical (unpaired) electrons. The lowest BCUT2D eigenvalue weighted by Crippen LogP contribution is -2.35. The van der Waals surface area contributed by atoms with E-state index in [2.05, 4.69) is 4.90 Å². The van der Waals surface area contributed by atoms with E-state index in [9.17, 15) is 4.79 Å². The van der Waals surface area contributed by atoms with Crippen LogP contribution in [0.2, 0.25) is 0 Å². The van der Waals surface area contributed by atoms with E-state index in [0.717, 1.165) is 44.6 Å². The van der Waals surface area contributed by atoms with Crippen LogP contribution in [0, 0.1) is 5.92 Å². The van der Waals surface area contributed by atoms with Crippen molar-refractivity contribution in [3.63, 3.8) is 0 Å². The normalized spacial score (nSPS) is 17.1. The van der Waals surface area contributed by atoms with Crippen LogP contribution in [0.15, 0.2) is 18.2 Å². The number of likely N-dealkylation sites (tertiary alicyclic amines) is 1. The molecule has 0 amide bonds. The summed E-state index contributed by atoms with van der Waals surface area (Å²) in [6.07, 6.45) is 2.26. The molecular weight excluding hydrogens is 256 g/mol. The Morgan fingerprint density at radius 3 is 2.70 bits per heavy atom. The third-order valence-corrected chi connectivity index (χ3v) is 3.97. The number of carbonyl (C=O) groups is 1. The largest absolute Gasteiger partial charge is 0.496 e. The number of ether oxygens (including phenoxy) is 1. The standard InChI is InChI=1S/C15H22N2O3/c1-20-14-8-12(15(18)19)2-3-13(14)10-17-6-4-11(9-16)5-7-17/h2-3,8,11H,4-7,9-10,16H2,1H3,(H,18,19). The van der Waals surface area contributed by atoms with Crippen molar-refractivity contribution in [2.75, 3.05) is 26.7 Å². The SMILES string of the molecule is COc1cc(C(=O)O)ccc1CN1CCC(CN)CC1. The van der Waals surface area contributed by atoms with E-state index in [0.29, 0.717) is 11.7 Å². The fourth-order valence-corrected chi connectivity index (χ4v) is 2.63. The summed E-state index contributed by atoms with van der Waals surface area (Å²) in [5, 5.41) is 9.00. The molecule has 0 saturated carbocycles. The summed E-state index contributed by atoms with van der Waals surface area (Å²) in [6, 6.07) is 5.06. The lowest BCUT2D eigenvalue weighted by atomic mass is 9.96. The van der Waals surface area contributed by atoms with Crippen LogP contribution < -0.4 is 10.5 Å². The molecule has 5 nitrogen and oxygen atoms in total. The van der Waals surface area contributed by atoms with Crippen molar-refractivity contribution in [1.29, 1.82) is 0 Å². The first kappa shape index (κ1) is 14.8. The van der Waals surface area contributed by atoms with E-state index in [1.54, 1.807) is 19.2 Å². The number of carboxylic acids is 1. The molecule has 0 spiro atoms. The lowest BCUT2D eigenvalue weighted by Gasteiger charge is -2.31. The van der Waals surface area contributed by atoms with Gasteiger partial charge in [0.15, 0.2) is 0 Å². The zero-order valence-corrected chi connectivity index (χ0v) is 11.8. The molecule has 5 heteroatoms. The third kappa shape index (κ3) is 3.49. The average molecular weight is 278 g/mol. The van der Waals surface area contributed by atoms with Crippen molar-refractivity contribution < 1.29 is 14.6 Å². The number of hydrogen-bond donors (Lipinski definition) is 2. The Bertz CT molecular complexity index is 468. The number of hydrogen-bond acceptors (Lipinski definition) is 4. The molecule has 20 heavy (non-hydrogen) atoms. The molecule has 1 aromatic carbocycles. The summed E-state index contributed by atoms with van der Waals surface area (Å²) >= 11 is 0. The van der Waals surface area contributed by atoms with Crippen molar-refractivity contribution in [2.24, 2.45) is 11.7 Å². The topological polar surface area (TPSA) is 75.8 Å². The molecule has 1 heterocycles. The van der Waals surface area contributed by atoms with Crippen LogP contribution in [-0.4, -0.2) is 42.7 Å². The Kier molecular flexibility index (Phi) is 4.98. The molecule has 1 saturated heterocycles. The number of nitrogens with two attached hydrogens (primary N) is 1. The van der Waals surface area contributed by atoms with Gasteiger partial charge in [-0.3, -0.25) is 4.90 Å². The minimum atomic E-state index is -0.932. The molecule has 0 unspecified atom stereocenters. The van der Waals surface area contributed by atoms with Gasteiger partial charge in [0.1, 0.15) is 5.75 Å². The fraction of sp³-hybridized carbons (Fsp3) is 0.533. The van der Waals surface area contributed by atoms with Gasteiger partial charge in [-0.1, -0.05) is 6.07 Å². The van der Waals surface area contributed by atoms with Gasteiger partial charge in [-0.2, -0.15) is 0 Å². The van der Waals surface area contributed by atoms with Gasteiger partial charge in [-0.15, -0.1) is 0 Å². The summed E-state index contributed by atoms with van der Waals surface area (Å²) in [5.74, 6) is 0.354. The maximum atomic E-state index is 11.0. The number of nitrogens with zero attached hydrogens (tertiary/aromatic N) is 1. The Morgan fingerprint density at radius 2 is 2.15 bits per heavy atom. The minimum Gasteiger partial charge on any atom is -0.496 e. The van der Waals surface area contributed by atoms with E-state index in [1.807, 2.05) is 6.07 Å². The maximum absolute atomic E-state index is 11.0. The fourth-order valence-electron chi connectivity index (χ4n) is 2.63. The van der Waals surface area contributed by atoms with E-state index in [4.69, 9.17) is 15.6 Å². The van der Waals surface area contributed by atoms with E-state index in [1.165, 1.54) is 0 Å². The van der Waals surface area contributed by atoms with Gasteiger partial charge in [-0.25, -0.2) is 4.79 Å².